The van der Waals surface area contributed by atoms with Gasteiger partial charge in [-0.2, -0.15) is 5.26 Å². The minimum atomic E-state index is -0.0881. The highest BCUT2D eigenvalue weighted by molar-refractivity contribution is 4.72. The standard InChI is InChI=1S/C10H20N2O/c1-10(2,13-3)9-12-8-6-4-5-7-11/h12H,4-6,8-9H2,1-3H3. The summed E-state index contributed by atoms with van der Waals surface area (Å²) >= 11 is 0. The predicted octanol–water partition coefficient (Wildman–Crippen LogP) is 1.69. The second-order valence-electron chi connectivity index (χ2n) is 3.76. The van der Waals surface area contributed by atoms with Crippen molar-refractivity contribution in [1.29, 1.82) is 5.26 Å². The fraction of sp³-hybridized carbons (Fsp3) is 0.900. The summed E-state index contributed by atoms with van der Waals surface area (Å²) in [5.74, 6) is 0. The van der Waals surface area contributed by atoms with Gasteiger partial charge in [0.25, 0.3) is 0 Å². The van der Waals surface area contributed by atoms with Crippen LogP contribution in [-0.4, -0.2) is 25.8 Å². The summed E-state index contributed by atoms with van der Waals surface area (Å²) in [5.41, 5.74) is -0.0881. The summed E-state index contributed by atoms with van der Waals surface area (Å²) in [6.45, 7) is 5.93. The molecule has 0 spiro atoms. The highest BCUT2D eigenvalue weighted by Gasteiger charge is 2.14. The molecule has 0 aromatic carbocycles. The van der Waals surface area contributed by atoms with Crippen LogP contribution < -0.4 is 5.32 Å². The van der Waals surface area contributed by atoms with Crippen molar-refractivity contribution in [2.45, 2.75) is 38.7 Å². The molecule has 0 unspecified atom stereocenters. The lowest BCUT2D eigenvalue weighted by Crippen LogP contribution is -2.37. The minimum Gasteiger partial charge on any atom is -0.377 e. The van der Waals surface area contributed by atoms with Gasteiger partial charge in [-0.05, 0) is 33.2 Å². The van der Waals surface area contributed by atoms with Crippen molar-refractivity contribution in [3.8, 4) is 6.07 Å². The number of rotatable bonds is 7. The maximum absolute atomic E-state index is 8.30. The zero-order valence-electron chi connectivity index (χ0n) is 8.89. The molecule has 0 fully saturated rings. The van der Waals surface area contributed by atoms with Crippen LogP contribution >= 0.6 is 0 Å². The number of ether oxygens (including phenoxy) is 1. The Bertz CT molecular complexity index is 161. The third-order valence-electron chi connectivity index (χ3n) is 2.00. The SMILES string of the molecule is COC(C)(C)CNCCCCC#N. The first-order valence-electron chi connectivity index (χ1n) is 4.75. The fourth-order valence-electron chi connectivity index (χ4n) is 0.916. The molecule has 0 aromatic heterocycles. The van der Waals surface area contributed by atoms with E-state index in [-0.39, 0.29) is 5.60 Å². The number of nitrogens with zero attached hydrogens (tertiary/aromatic N) is 1. The largest absolute Gasteiger partial charge is 0.377 e. The molecule has 0 aromatic rings. The minimum absolute atomic E-state index is 0.0881. The summed E-state index contributed by atoms with van der Waals surface area (Å²) in [7, 11) is 1.72. The number of unbranched alkanes of at least 4 members (excludes halogenated alkanes) is 2. The van der Waals surface area contributed by atoms with Crippen molar-refractivity contribution in [2.75, 3.05) is 20.2 Å². The molecule has 3 heteroatoms. The van der Waals surface area contributed by atoms with Gasteiger partial charge >= 0.3 is 0 Å². The van der Waals surface area contributed by atoms with Crippen LogP contribution in [0.15, 0.2) is 0 Å². The molecule has 76 valence electrons. The molecule has 0 amide bonds. The number of hydrogen-bond acceptors (Lipinski definition) is 3. The van der Waals surface area contributed by atoms with Gasteiger partial charge in [-0.15, -0.1) is 0 Å². The van der Waals surface area contributed by atoms with Crippen molar-refractivity contribution in [3.05, 3.63) is 0 Å². The van der Waals surface area contributed by atoms with Gasteiger partial charge in [0.2, 0.25) is 0 Å². The Labute approximate surface area is 81.1 Å². The Balaban J connectivity index is 3.22. The molecule has 0 heterocycles. The van der Waals surface area contributed by atoms with Crippen molar-refractivity contribution < 1.29 is 4.74 Å². The average Bonchev–Trinajstić information content (AvgIpc) is 2.11. The van der Waals surface area contributed by atoms with E-state index in [0.717, 1.165) is 25.9 Å². The monoisotopic (exact) mass is 184 g/mol. The Morgan fingerprint density at radius 1 is 1.38 bits per heavy atom. The van der Waals surface area contributed by atoms with E-state index < -0.39 is 0 Å². The summed E-state index contributed by atoms with van der Waals surface area (Å²) in [4.78, 5) is 0. The highest BCUT2D eigenvalue weighted by Crippen LogP contribution is 2.04. The van der Waals surface area contributed by atoms with Crippen LogP contribution in [0.3, 0.4) is 0 Å². The Kier molecular flexibility index (Phi) is 6.56. The highest BCUT2D eigenvalue weighted by atomic mass is 16.5. The van der Waals surface area contributed by atoms with E-state index >= 15 is 0 Å². The molecule has 0 saturated carbocycles. The van der Waals surface area contributed by atoms with Gasteiger partial charge in [-0.25, -0.2) is 0 Å². The van der Waals surface area contributed by atoms with E-state index in [2.05, 4.69) is 25.2 Å². The van der Waals surface area contributed by atoms with Gasteiger partial charge in [-0.3, -0.25) is 0 Å². The summed E-state index contributed by atoms with van der Waals surface area (Å²) in [6.07, 6.45) is 2.71. The van der Waals surface area contributed by atoms with Crippen LogP contribution in [-0.2, 0) is 4.74 Å². The van der Waals surface area contributed by atoms with Crippen LogP contribution in [0.1, 0.15) is 33.1 Å². The lowest BCUT2D eigenvalue weighted by atomic mass is 10.1. The van der Waals surface area contributed by atoms with Crippen LogP contribution in [0.5, 0.6) is 0 Å². The second kappa shape index (κ2) is 6.88. The Morgan fingerprint density at radius 3 is 2.62 bits per heavy atom. The number of nitriles is 1. The average molecular weight is 184 g/mol. The summed E-state index contributed by atoms with van der Waals surface area (Å²) in [6, 6.07) is 2.13. The predicted molar refractivity (Wildman–Crippen MR) is 53.4 cm³/mol. The number of nitrogens with one attached hydrogen (secondary N) is 1. The van der Waals surface area contributed by atoms with Gasteiger partial charge in [0.15, 0.2) is 0 Å². The second-order valence-corrected chi connectivity index (χ2v) is 3.76. The summed E-state index contributed by atoms with van der Waals surface area (Å²) in [5, 5.41) is 11.6. The van der Waals surface area contributed by atoms with E-state index in [0.29, 0.717) is 6.42 Å². The number of hydrogen-bond donors (Lipinski definition) is 1. The molecule has 0 rings (SSSR count). The lowest BCUT2D eigenvalue weighted by Gasteiger charge is -2.23. The Hall–Kier alpha value is -0.590. The van der Waals surface area contributed by atoms with Crippen molar-refractivity contribution in [2.24, 2.45) is 0 Å². The molecule has 0 atom stereocenters. The zero-order valence-corrected chi connectivity index (χ0v) is 8.89. The maximum Gasteiger partial charge on any atom is 0.0746 e. The van der Waals surface area contributed by atoms with Crippen LogP contribution in [0.4, 0.5) is 0 Å². The van der Waals surface area contributed by atoms with E-state index in [1.165, 1.54) is 0 Å². The normalized spacial score (nSPS) is 11.2. The molecule has 0 saturated heterocycles. The van der Waals surface area contributed by atoms with Crippen molar-refractivity contribution in [1.82, 2.24) is 5.32 Å². The van der Waals surface area contributed by atoms with Crippen molar-refractivity contribution >= 4 is 0 Å². The molecule has 13 heavy (non-hydrogen) atoms. The summed E-state index contributed by atoms with van der Waals surface area (Å²) < 4.78 is 5.25. The fourth-order valence-corrected chi connectivity index (χ4v) is 0.916. The number of methoxy groups -OCH3 is 1. The maximum atomic E-state index is 8.30. The first kappa shape index (κ1) is 12.4. The third kappa shape index (κ3) is 7.76. The lowest BCUT2D eigenvalue weighted by molar-refractivity contribution is 0.0234. The topological polar surface area (TPSA) is 45.0 Å². The molecular formula is C10H20N2O. The molecule has 0 aliphatic carbocycles. The van der Waals surface area contributed by atoms with E-state index in [1.54, 1.807) is 7.11 Å². The van der Waals surface area contributed by atoms with Gasteiger partial charge in [0, 0.05) is 20.1 Å². The first-order chi connectivity index (χ1) is 6.12. The van der Waals surface area contributed by atoms with E-state index in [4.69, 9.17) is 10.00 Å². The first-order valence-corrected chi connectivity index (χ1v) is 4.75. The van der Waals surface area contributed by atoms with Gasteiger partial charge in [0.05, 0.1) is 11.7 Å². The van der Waals surface area contributed by atoms with Crippen LogP contribution in [0, 0.1) is 11.3 Å². The molecule has 0 aliphatic heterocycles. The molecule has 1 N–H and O–H groups in total. The zero-order chi connectivity index (χ0) is 10.2. The molecule has 3 nitrogen and oxygen atoms in total. The van der Waals surface area contributed by atoms with Gasteiger partial charge in [0.1, 0.15) is 0 Å². The Morgan fingerprint density at radius 2 is 2.08 bits per heavy atom. The molecule has 0 aliphatic rings. The van der Waals surface area contributed by atoms with Gasteiger partial charge in [-0.1, -0.05) is 0 Å². The van der Waals surface area contributed by atoms with Crippen LogP contribution in [0.2, 0.25) is 0 Å². The molecule has 0 radical (unpaired) electrons. The van der Waals surface area contributed by atoms with Crippen LogP contribution in [0.25, 0.3) is 0 Å². The van der Waals surface area contributed by atoms with Crippen molar-refractivity contribution in [3.63, 3.8) is 0 Å². The molecule has 0 bridgehead atoms. The smallest absolute Gasteiger partial charge is 0.0746 e. The third-order valence-corrected chi connectivity index (χ3v) is 2.00. The van der Waals surface area contributed by atoms with Gasteiger partial charge < -0.3 is 10.1 Å². The van der Waals surface area contributed by atoms with E-state index in [1.807, 2.05) is 0 Å². The van der Waals surface area contributed by atoms with E-state index in [9.17, 15) is 0 Å². The molecular weight excluding hydrogens is 164 g/mol. The quantitative estimate of drug-likeness (QED) is 0.612.